The summed E-state index contributed by atoms with van der Waals surface area (Å²) in [5.74, 6) is -0.0459. The maximum absolute atomic E-state index is 11.1. The number of pyridine rings is 1. The molecule has 5 N–H and O–H groups in total. The molecule has 0 fully saturated rings. The Morgan fingerprint density at radius 2 is 2.05 bits per heavy atom. The van der Waals surface area contributed by atoms with E-state index in [0.29, 0.717) is 11.5 Å². The molecule has 0 aliphatic heterocycles. The lowest BCUT2D eigenvalue weighted by atomic mass is 10.2. The van der Waals surface area contributed by atoms with Crippen LogP contribution in [0.1, 0.15) is 31.3 Å². The van der Waals surface area contributed by atoms with Gasteiger partial charge in [0.1, 0.15) is 11.5 Å². The second-order valence-electron chi connectivity index (χ2n) is 4.53. The van der Waals surface area contributed by atoms with Crippen LogP contribution in [0.3, 0.4) is 0 Å². The van der Waals surface area contributed by atoms with E-state index in [1.807, 2.05) is 0 Å². The van der Waals surface area contributed by atoms with Gasteiger partial charge in [0.05, 0.1) is 5.69 Å². The molecule has 0 bridgehead atoms. The summed E-state index contributed by atoms with van der Waals surface area (Å²) >= 11 is 0. The highest BCUT2D eigenvalue weighted by molar-refractivity contribution is 5.91. The number of aromatic nitrogens is 1. The van der Waals surface area contributed by atoms with Crippen molar-refractivity contribution in [3.05, 3.63) is 17.8 Å². The highest BCUT2D eigenvalue weighted by Gasteiger charge is 2.11. The molecule has 1 atom stereocenters. The van der Waals surface area contributed by atoms with E-state index in [1.165, 1.54) is 6.07 Å². The Kier molecular flexibility index (Phi) is 5.57. The lowest BCUT2D eigenvalue weighted by Crippen LogP contribution is -2.35. The highest BCUT2D eigenvalue weighted by atomic mass is 16.1. The van der Waals surface area contributed by atoms with Gasteiger partial charge in [0.15, 0.2) is 0 Å². The van der Waals surface area contributed by atoms with Gasteiger partial charge in [-0.05, 0) is 32.1 Å². The Hall–Kier alpha value is -1.82. The molecule has 0 radical (unpaired) electrons. The highest BCUT2D eigenvalue weighted by Crippen LogP contribution is 2.16. The average Bonchev–Trinajstić information content (AvgIpc) is 2.38. The van der Waals surface area contributed by atoms with Crippen molar-refractivity contribution in [1.82, 2.24) is 9.88 Å². The number of hydrogen-bond donors (Lipinski definition) is 3. The van der Waals surface area contributed by atoms with E-state index in [0.717, 1.165) is 19.6 Å². The molecule has 0 aliphatic rings. The fraction of sp³-hybridized carbons (Fsp3) is 0.538. The molecule has 0 saturated carbocycles. The number of nitrogen functional groups attached to an aromatic ring is 1. The Morgan fingerprint density at radius 1 is 1.42 bits per heavy atom. The lowest BCUT2D eigenvalue weighted by Gasteiger charge is -2.24. The van der Waals surface area contributed by atoms with Crippen LogP contribution in [0.4, 0.5) is 11.5 Å². The minimum absolute atomic E-state index is 0.179. The van der Waals surface area contributed by atoms with Gasteiger partial charge in [-0.15, -0.1) is 0 Å². The molecule has 0 aromatic carbocycles. The van der Waals surface area contributed by atoms with E-state index in [9.17, 15) is 4.79 Å². The van der Waals surface area contributed by atoms with Crippen LogP contribution >= 0.6 is 0 Å². The molecule has 0 spiro atoms. The molecule has 1 rings (SSSR count). The zero-order chi connectivity index (χ0) is 14.4. The Bertz CT molecular complexity index is 431. The van der Waals surface area contributed by atoms with Crippen LogP contribution in [0.15, 0.2) is 12.1 Å². The molecule has 0 aliphatic carbocycles. The third-order valence-electron chi connectivity index (χ3n) is 2.99. The number of nitrogens with two attached hydrogens (primary N) is 2. The van der Waals surface area contributed by atoms with Gasteiger partial charge in [0, 0.05) is 12.6 Å². The number of rotatable bonds is 7. The largest absolute Gasteiger partial charge is 0.396 e. The maximum atomic E-state index is 11.1. The fourth-order valence-electron chi connectivity index (χ4n) is 1.87. The molecule has 6 heteroatoms. The van der Waals surface area contributed by atoms with Gasteiger partial charge in [0.25, 0.3) is 5.91 Å². The van der Waals surface area contributed by atoms with Crippen molar-refractivity contribution < 1.29 is 4.79 Å². The summed E-state index contributed by atoms with van der Waals surface area (Å²) in [4.78, 5) is 17.5. The van der Waals surface area contributed by atoms with Crippen LogP contribution in [-0.4, -0.2) is 41.5 Å². The minimum Gasteiger partial charge on any atom is -0.396 e. The molecule has 1 aromatic rings. The summed E-state index contributed by atoms with van der Waals surface area (Å²) in [7, 11) is 0. The predicted octanol–water partition coefficient (Wildman–Crippen LogP) is 0.905. The Labute approximate surface area is 114 Å². The van der Waals surface area contributed by atoms with Crippen molar-refractivity contribution in [1.29, 1.82) is 0 Å². The third-order valence-corrected chi connectivity index (χ3v) is 2.99. The number of primary amides is 1. The lowest BCUT2D eigenvalue weighted by molar-refractivity contribution is 0.0995. The van der Waals surface area contributed by atoms with Crippen LogP contribution < -0.4 is 16.8 Å². The fourth-order valence-corrected chi connectivity index (χ4v) is 1.87. The summed E-state index contributed by atoms with van der Waals surface area (Å²) in [6.45, 7) is 9.16. The van der Waals surface area contributed by atoms with E-state index >= 15 is 0 Å². The number of hydrogen-bond acceptors (Lipinski definition) is 5. The number of anilines is 2. The average molecular weight is 265 g/mol. The summed E-state index contributed by atoms with van der Waals surface area (Å²) in [5, 5.41) is 3.22. The first-order valence-electron chi connectivity index (χ1n) is 6.53. The maximum Gasteiger partial charge on any atom is 0.267 e. The molecule has 106 valence electrons. The first kappa shape index (κ1) is 15.2. The number of carbonyl (C=O) groups is 1. The van der Waals surface area contributed by atoms with Gasteiger partial charge >= 0.3 is 0 Å². The first-order valence-corrected chi connectivity index (χ1v) is 6.53. The van der Waals surface area contributed by atoms with Crippen LogP contribution in [0, 0.1) is 0 Å². The molecule has 19 heavy (non-hydrogen) atoms. The molecule has 6 nitrogen and oxygen atoms in total. The number of nitrogens with one attached hydrogen (secondary N) is 1. The van der Waals surface area contributed by atoms with Crippen LogP contribution in [-0.2, 0) is 0 Å². The molecule has 1 amide bonds. The molecule has 0 saturated heterocycles. The predicted molar refractivity (Wildman–Crippen MR) is 78.0 cm³/mol. The SMILES string of the molecule is CCN(CC)CC(C)Nc1nc(C(N)=O)ccc1N. The van der Waals surface area contributed by atoms with E-state index < -0.39 is 5.91 Å². The zero-order valence-corrected chi connectivity index (χ0v) is 11.8. The van der Waals surface area contributed by atoms with Crippen LogP contribution in [0.5, 0.6) is 0 Å². The quantitative estimate of drug-likeness (QED) is 0.680. The minimum atomic E-state index is -0.556. The molecular weight excluding hydrogens is 242 g/mol. The first-order chi connectivity index (χ1) is 8.97. The second-order valence-corrected chi connectivity index (χ2v) is 4.53. The Morgan fingerprint density at radius 3 is 2.58 bits per heavy atom. The number of nitrogens with zero attached hydrogens (tertiary/aromatic N) is 2. The number of likely N-dealkylation sites (N-methyl/N-ethyl adjacent to an activating group) is 1. The number of amides is 1. The standard InChI is InChI=1S/C13H23N5O/c1-4-18(5-2)8-9(3)16-13-10(14)6-7-11(17-13)12(15)19/h6-7,9H,4-5,8,14H2,1-3H3,(H2,15,19)(H,16,17). The monoisotopic (exact) mass is 265 g/mol. The van der Waals surface area contributed by atoms with Crippen LogP contribution in [0.2, 0.25) is 0 Å². The van der Waals surface area contributed by atoms with Gasteiger partial charge in [-0.25, -0.2) is 4.98 Å². The topological polar surface area (TPSA) is 97.3 Å². The van der Waals surface area contributed by atoms with Gasteiger partial charge in [0.2, 0.25) is 0 Å². The van der Waals surface area contributed by atoms with E-state index in [1.54, 1.807) is 6.07 Å². The second kappa shape index (κ2) is 6.94. The summed E-state index contributed by atoms with van der Waals surface area (Å²) in [5.41, 5.74) is 11.8. The third kappa shape index (κ3) is 4.40. The molecule has 1 heterocycles. The molecular formula is C13H23N5O. The van der Waals surface area contributed by atoms with Gasteiger partial charge < -0.3 is 21.7 Å². The van der Waals surface area contributed by atoms with Crippen molar-refractivity contribution >= 4 is 17.4 Å². The van der Waals surface area contributed by atoms with Crippen molar-refractivity contribution in [3.63, 3.8) is 0 Å². The van der Waals surface area contributed by atoms with E-state index in [2.05, 4.69) is 36.0 Å². The van der Waals surface area contributed by atoms with E-state index in [4.69, 9.17) is 11.5 Å². The molecule has 1 aromatic heterocycles. The number of carbonyl (C=O) groups excluding carboxylic acids is 1. The van der Waals surface area contributed by atoms with Gasteiger partial charge in [-0.1, -0.05) is 13.8 Å². The van der Waals surface area contributed by atoms with Gasteiger partial charge in [-0.3, -0.25) is 4.79 Å². The zero-order valence-electron chi connectivity index (χ0n) is 11.8. The Balaban J connectivity index is 2.75. The van der Waals surface area contributed by atoms with Crippen molar-refractivity contribution in [2.75, 3.05) is 30.7 Å². The van der Waals surface area contributed by atoms with E-state index in [-0.39, 0.29) is 11.7 Å². The smallest absolute Gasteiger partial charge is 0.267 e. The summed E-state index contributed by atoms with van der Waals surface area (Å²) in [6, 6.07) is 3.34. The normalized spacial score (nSPS) is 12.4. The van der Waals surface area contributed by atoms with Crippen molar-refractivity contribution in [3.8, 4) is 0 Å². The van der Waals surface area contributed by atoms with Gasteiger partial charge in [-0.2, -0.15) is 0 Å². The van der Waals surface area contributed by atoms with Crippen molar-refractivity contribution in [2.45, 2.75) is 26.8 Å². The van der Waals surface area contributed by atoms with Crippen LogP contribution in [0.25, 0.3) is 0 Å². The van der Waals surface area contributed by atoms with Crippen molar-refractivity contribution in [2.24, 2.45) is 5.73 Å². The molecule has 1 unspecified atom stereocenters. The summed E-state index contributed by atoms with van der Waals surface area (Å²) < 4.78 is 0. The summed E-state index contributed by atoms with van der Waals surface area (Å²) in [6.07, 6.45) is 0.